The number of carbonyl (C=O) groups excluding carboxylic acids is 1. The Bertz CT molecular complexity index is 825. The van der Waals surface area contributed by atoms with Crippen molar-refractivity contribution in [1.29, 1.82) is 0 Å². The van der Waals surface area contributed by atoms with Gasteiger partial charge in [-0.15, -0.1) is 0 Å². The van der Waals surface area contributed by atoms with Gasteiger partial charge in [-0.05, 0) is 67.5 Å². The summed E-state index contributed by atoms with van der Waals surface area (Å²) in [6, 6.07) is 13.2. The minimum Gasteiger partial charge on any atom is -0.494 e. The third-order valence-corrected chi connectivity index (χ3v) is 5.64. The summed E-state index contributed by atoms with van der Waals surface area (Å²) in [5, 5.41) is 15.1. The molecule has 156 valence electrons. The summed E-state index contributed by atoms with van der Waals surface area (Å²) < 4.78 is 18.7. The van der Waals surface area contributed by atoms with E-state index < -0.39 is 0 Å². The molecule has 3 atom stereocenters. The Morgan fingerprint density at radius 1 is 1.24 bits per heavy atom. The van der Waals surface area contributed by atoms with E-state index in [9.17, 15) is 9.18 Å². The zero-order valence-electron chi connectivity index (χ0n) is 17.0. The van der Waals surface area contributed by atoms with Gasteiger partial charge < -0.3 is 20.5 Å². The lowest BCUT2D eigenvalue weighted by atomic mass is 9.96. The van der Waals surface area contributed by atoms with E-state index in [4.69, 9.17) is 9.84 Å². The van der Waals surface area contributed by atoms with Crippen molar-refractivity contribution in [1.82, 2.24) is 10.6 Å². The van der Waals surface area contributed by atoms with Gasteiger partial charge in [-0.3, -0.25) is 4.79 Å². The molecular weight excluding hydrogens is 371 g/mol. The number of aliphatic hydroxyl groups excluding tert-OH is 1. The second kappa shape index (κ2) is 9.85. The molecule has 3 rings (SSSR count). The molecule has 1 aliphatic rings. The molecule has 5 nitrogen and oxygen atoms in total. The van der Waals surface area contributed by atoms with Gasteiger partial charge >= 0.3 is 0 Å². The van der Waals surface area contributed by atoms with Gasteiger partial charge in [0.2, 0.25) is 0 Å². The summed E-state index contributed by atoms with van der Waals surface area (Å²) in [7, 11) is 1.48. The minimum atomic E-state index is -0.349. The van der Waals surface area contributed by atoms with E-state index in [1.54, 1.807) is 12.1 Å². The third kappa shape index (κ3) is 5.34. The van der Waals surface area contributed by atoms with Gasteiger partial charge in [0.05, 0.1) is 13.7 Å². The van der Waals surface area contributed by atoms with E-state index >= 15 is 0 Å². The number of amides is 1. The van der Waals surface area contributed by atoms with Gasteiger partial charge in [0.25, 0.3) is 5.91 Å². The lowest BCUT2D eigenvalue weighted by Crippen LogP contribution is -2.29. The molecule has 0 spiro atoms. The maximum Gasteiger partial charge on any atom is 0.251 e. The van der Waals surface area contributed by atoms with Crippen LogP contribution in [-0.2, 0) is 0 Å². The van der Waals surface area contributed by atoms with E-state index in [1.807, 2.05) is 24.3 Å². The molecule has 0 bridgehead atoms. The average Bonchev–Trinajstić information content (AvgIpc) is 3.20. The number of hydrogen-bond acceptors (Lipinski definition) is 4. The van der Waals surface area contributed by atoms with Gasteiger partial charge in [0.1, 0.15) is 0 Å². The predicted molar refractivity (Wildman–Crippen MR) is 111 cm³/mol. The number of methoxy groups -OCH3 is 1. The highest BCUT2D eigenvalue weighted by Crippen LogP contribution is 2.35. The molecule has 3 N–H and O–H groups in total. The molecule has 1 unspecified atom stereocenters. The molecule has 1 amide bonds. The zero-order valence-corrected chi connectivity index (χ0v) is 17.0. The maximum absolute atomic E-state index is 13.6. The first-order valence-corrected chi connectivity index (χ1v) is 10.1. The van der Waals surface area contributed by atoms with Crippen LogP contribution in [0.15, 0.2) is 42.5 Å². The molecule has 0 aliphatic heterocycles. The van der Waals surface area contributed by atoms with Gasteiger partial charge in [0, 0.05) is 24.2 Å². The van der Waals surface area contributed by atoms with Crippen molar-refractivity contribution in [3.05, 3.63) is 65.0 Å². The summed E-state index contributed by atoms with van der Waals surface area (Å²) in [6.45, 7) is 2.28. The molecule has 6 heteroatoms. The van der Waals surface area contributed by atoms with Crippen molar-refractivity contribution >= 4 is 5.91 Å². The van der Waals surface area contributed by atoms with Crippen molar-refractivity contribution < 1.29 is 19.0 Å². The van der Waals surface area contributed by atoms with Crippen molar-refractivity contribution in [2.24, 2.45) is 0 Å². The molecule has 0 heterocycles. The molecule has 0 radical (unpaired) electrons. The van der Waals surface area contributed by atoms with Crippen LogP contribution in [0.5, 0.6) is 5.75 Å². The standard InChI is InChI=1S/C23H29FN2O3/c1-15(18-8-10-21(24)22(14-18)29-2)26-20-9-7-19(13-20)16-3-5-17(6-4-16)23(28)25-11-12-27/h3-6,8,10,14-15,19-20,26-27H,7,9,11-13H2,1-2H3,(H,25,28)/t15-,19-,20?/m0/s1. The minimum absolute atomic E-state index is 0.0661. The van der Waals surface area contributed by atoms with Crippen LogP contribution in [-0.4, -0.2) is 37.3 Å². The average molecular weight is 400 g/mol. The first kappa shape index (κ1) is 21.3. The highest BCUT2D eigenvalue weighted by atomic mass is 19.1. The fraction of sp³-hybridized carbons (Fsp3) is 0.435. The maximum atomic E-state index is 13.6. The molecular formula is C23H29FN2O3. The highest BCUT2D eigenvalue weighted by Gasteiger charge is 2.27. The molecule has 29 heavy (non-hydrogen) atoms. The van der Waals surface area contributed by atoms with Crippen molar-refractivity contribution in [2.75, 3.05) is 20.3 Å². The van der Waals surface area contributed by atoms with Gasteiger partial charge in [-0.2, -0.15) is 0 Å². The number of aliphatic hydroxyl groups is 1. The van der Waals surface area contributed by atoms with Crippen LogP contribution in [0.2, 0.25) is 0 Å². The number of nitrogens with one attached hydrogen (secondary N) is 2. The SMILES string of the molecule is COc1cc([C@H](C)NC2CC[C@H](c3ccc(C(=O)NCCO)cc3)C2)ccc1F. The summed E-state index contributed by atoms with van der Waals surface area (Å²) in [6.07, 6.45) is 3.19. The second-order valence-corrected chi connectivity index (χ2v) is 7.59. The number of hydrogen-bond donors (Lipinski definition) is 3. The topological polar surface area (TPSA) is 70.6 Å². The Balaban J connectivity index is 1.56. The number of rotatable bonds is 8. The quantitative estimate of drug-likeness (QED) is 0.634. The van der Waals surface area contributed by atoms with Gasteiger partial charge in [0.15, 0.2) is 11.6 Å². The van der Waals surface area contributed by atoms with Crippen LogP contribution in [0.4, 0.5) is 4.39 Å². The van der Waals surface area contributed by atoms with Crippen molar-refractivity contribution in [3.63, 3.8) is 0 Å². The van der Waals surface area contributed by atoms with E-state index in [0.29, 0.717) is 17.5 Å². The molecule has 0 saturated heterocycles. The second-order valence-electron chi connectivity index (χ2n) is 7.59. The Morgan fingerprint density at radius 3 is 2.69 bits per heavy atom. The normalized spacial score (nSPS) is 19.7. The summed E-state index contributed by atoms with van der Waals surface area (Å²) in [4.78, 5) is 11.9. The Morgan fingerprint density at radius 2 is 2.00 bits per heavy atom. The summed E-state index contributed by atoms with van der Waals surface area (Å²) >= 11 is 0. The molecule has 0 aromatic heterocycles. The summed E-state index contributed by atoms with van der Waals surface area (Å²) in [5.74, 6) is 0.207. The van der Waals surface area contributed by atoms with E-state index in [1.165, 1.54) is 18.7 Å². The van der Waals surface area contributed by atoms with E-state index in [2.05, 4.69) is 17.6 Å². The fourth-order valence-electron chi connectivity index (χ4n) is 4.01. The lowest BCUT2D eigenvalue weighted by molar-refractivity contribution is 0.0944. The van der Waals surface area contributed by atoms with E-state index in [0.717, 1.165) is 24.8 Å². The summed E-state index contributed by atoms with van der Waals surface area (Å²) in [5.41, 5.74) is 2.85. The fourth-order valence-corrected chi connectivity index (χ4v) is 4.01. The third-order valence-electron chi connectivity index (χ3n) is 5.64. The van der Waals surface area contributed by atoms with E-state index in [-0.39, 0.29) is 36.7 Å². The van der Waals surface area contributed by atoms with Crippen molar-refractivity contribution in [2.45, 2.75) is 44.2 Å². The van der Waals surface area contributed by atoms with Crippen LogP contribution in [0.25, 0.3) is 0 Å². The van der Waals surface area contributed by atoms with Crippen molar-refractivity contribution in [3.8, 4) is 5.75 Å². The van der Waals surface area contributed by atoms with Crippen LogP contribution < -0.4 is 15.4 Å². The molecule has 2 aromatic carbocycles. The number of halogens is 1. The molecule has 1 saturated carbocycles. The van der Waals surface area contributed by atoms with Crippen LogP contribution in [0.3, 0.4) is 0 Å². The Kier molecular flexibility index (Phi) is 7.23. The van der Waals surface area contributed by atoms with Gasteiger partial charge in [-0.1, -0.05) is 18.2 Å². The molecule has 1 aliphatic carbocycles. The van der Waals surface area contributed by atoms with Gasteiger partial charge in [-0.25, -0.2) is 4.39 Å². The number of carbonyl (C=O) groups is 1. The predicted octanol–water partition coefficient (Wildman–Crippen LogP) is 3.54. The number of benzene rings is 2. The monoisotopic (exact) mass is 400 g/mol. The van der Waals surface area contributed by atoms with Crippen LogP contribution >= 0.6 is 0 Å². The Labute approximate surface area is 171 Å². The number of ether oxygens (including phenoxy) is 1. The molecule has 2 aromatic rings. The highest BCUT2D eigenvalue weighted by molar-refractivity contribution is 5.94. The van der Waals surface area contributed by atoms with Crippen LogP contribution in [0, 0.1) is 5.82 Å². The smallest absolute Gasteiger partial charge is 0.251 e. The lowest BCUT2D eigenvalue weighted by Gasteiger charge is -2.21. The first-order valence-electron chi connectivity index (χ1n) is 10.1. The van der Waals surface area contributed by atoms with Crippen LogP contribution in [0.1, 0.15) is 59.6 Å². The Hall–Kier alpha value is -2.44. The largest absolute Gasteiger partial charge is 0.494 e. The first-order chi connectivity index (χ1) is 14.0. The molecule has 1 fully saturated rings. The zero-order chi connectivity index (χ0) is 20.8.